The quantitative estimate of drug-likeness (QED) is 0.498. The van der Waals surface area contributed by atoms with E-state index in [4.69, 9.17) is 4.74 Å². The van der Waals surface area contributed by atoms with Crippen molar-refractivity contribution in [3.05, 3.63) is 69.8 Å². The standard InChI is InChI=1S/C18H15F3N2OS2/c1-12-2-5-15(6-3-12)24-9-17-23-14(11-26-17)10-25-16-7-4-13(8-22-16)18(19,20)21/h2-8,11H,9-10H2,1H3. The van der Waals surface area contributed by atoms with E-state index < -0.39 is 11.7 Å². The molecule has 0 bridgehead atoms. The maximum Gasteiger partial charge on any atom is 0.417 e. The predicted octanol–water partition coefficient (Wildman–Crippen LogP) is 5.74. The van der Waals surface area contributed by atoms with Crippen LogP contribution in [0.3, 0.4) is 0 Å². The van der Waals surface area contributed by atoms with E-state index in [1.165, 1.54) is 34.7 Å². The molecule has 2 heterocycles. The van der Waals surface area contributed by atoms with Crippen LogP contribution in [0.4, 0.5) is 13.2 Å². The highest BCUT2D eigenvalue weighted by Crippen LogP contribution is 2.30. The lowest BCUT2D eigenvalue weighted by Crippen LogP contribution is -2.05. The van der Waals surface area contributed by atoms with E-state index in [1.807, 2.05) is 36.6 Å². The largest absolute Gasteiger partial charge is 0.486 e. The summed E-state index contributed by atoms with van der Waals surface area (Å²) in [6, 6.07) is 10.2. The van der Waals surface area contributed by atoms with Gasteiger partial charge in [-0.1, -0.05) is 17.7 Å². The summed E-state index contributed by atoms with van der Waals surface area (Å²) >= 11 is 2.84. The number of hydrogen-bond acceptors (Lipinski definition) is 5. The third-order valence-corrected chi connectivity index (χ3v) is 5.26. The molecular formula is C18H15F3N2OS2. The van der Waals surface area contributed by atoms with E-state index in [-0.39, 0.29) is 0 Å². The topological polar surface area (TPSA) is 35.0 Å². The summed E-state index contributed by atoms with van der Waals surface area (Å²) in [5, 5.41) is 3.30. The molecule has 0 atom stereocenters. The molecule has 3 rings (SSSR count). The van der Waals surface area contributed by atoms with Crippen molar-refractivity contribution < 1.29 is 17.9 Å². The van der Waals surface area contributed by atoms with Crippen molar-refractivity contribution in [3.63, 3.8) is 0 Å². The number of alkyl halides is 3. The second kappa shape index (κ2) is 8.09. The van der Waals surface area contributed by atoms with Crippen molar-refractivity contribution >= 4 is 23.1 Å². The van der Waals surface area contributed by atoms with Crippen molar-refractivity contribution in [1.82, 2.24) is 9.97 Å². The summed E-state index contributed by atoms with van der Waals surface area (Å²) in [4.78, 5) is 8.32. The number of rotatable bonds is 6. The number of hydrogen-bond donors (Lipinski definition) is 0. The molecule has 0 unspecified atom stereocenters. The monoisotopic (exact) mass is 396 g/mol. The van der Waals surface area contributed by atoms with Gasteiger partial charge in [-0.2, -0.15) is 13.2 Å². The third kappa shape index (κ3) is 5.22. The average molecular weight is 396 g/mol. The highest BCUT2D eigenvalue weighted by atomic mass is 32.2. The molecule has 136 valence electrons. The van der Waals surface area contributed by atoms with Gasteiger partial charge < -0.3 is 4.74 Å². The van der Waals surface area contributed by atoms with Gasteiger partial charge in [0.2, 0.25) is 0 Å². The number of thiazole rings is 1. The molecule has 0 amide bonds. The van der Waals surface area contributed by atoms with Gasteiger partial charge in [-0.15, -0.1) is 23.1 Å². The van der Waals surface area contributed by atoms with E-state index in [9.17, 15) is 13.2 Å². The van der Waals surface area contributed by atoms with Crippen LogP contribution < -0.4 is 4.74 Å². The van der Waals surface area contributed by atoms with Crippen LogP contribution in [0.1, 0.15) is 21.8 Å². The number of aromatic nitrogens is 2. The van der Waals surface area contributed by atoms with Gasteiger partial charge in [0.15, 0.2) is 0 Å². The maximum atomic E-state index is 12.5. The minimum atomic E-state index is -4.36. The Morgan fingerprint density at radius 2 is 1.88 bits per heavy atom. The fraction of sp³-hybridized carbons (Fsp3) is 0.222. The van der Waals surface area contributed by atoms with Crippen LogP contribution in [0.5, 0.6) is 5.75 Å². The molecule has 0 spiro atoms. The third-order valence-electron chi connectivity index (χ3n) is 3.41. The minimum Gasteiger partial charge on any atom is -0.486 e. The molecule has 3 aromatic rings. The van der Waals surface area contributed by atoms with Gasteiger partial charge in [-0.25, -0.2) is 9.97 Å². The summed E-state index contributed by atoms with van der Waals surface area (Å²) < 4.78 is 43.3. The lowest BCUT2D eigenvalue weighted by atomic mass is 10.2. The number of aryl methyl sites for hydroxylation is 1. The second-order valence-corrected chi connectivity index (χ2v) is 7.44. The van der Waals surface area contributed by atoms with Crippen LogP contribution in [-0.4, -0.2) is 9.97 Å². The van der Waals surface area contributed by atoms with Gasteiger partial charge in [0.05, 0.1) is 16.3 Å². The van der Waals surface area contributed by atoms with Crippen LogP contribution >= 0.6 is 23.1 Å². The summed E-state index contributed by atoms with van der Waals surface area (Å²) in [6.07, 6.45) is -3.51. The molecule has 0 saturated carbocycles. The van der Waals surface area contributed by atoms with E-state index >= 15 is 0 Å². The smallest absolute Gasteiger partial charge is 0.417 e. The van der Waals surface area contributed by atoms with Gasteiger partial charge in [-0.05, 0) is 31.2 Å². The highest BCUT2D eigenvalue weighted by Gasteiger charge is 2.30. The van der Waals surface area contributed by atoms with Gasteiger partial charge in [0.25, 0.3) is 0 Å². The first-order valence-corrected chi connectivity index (χ1v) is 9.55. The van der Waals surface area contributed by atoms with Crippen LogP contribution in [0, 0.1) is 6.92 Å². The molecule has 0 fully saturated rings. The molecule has 0 saturated heterocycles. The minimum absolute atomic E-state index is 0.386. The van der Waals surface area contributed by atoms with Crippen molar-refractivity contribution in [2.75, 3.05) is 0 Å². The Bertz CT molecular complexity index is 846. The van der Waals surface area contributed by atoms with Gasteiger partial charge >= 0.3 is 6.18 Å². The Labute approximate surface area is 157 Å². The summed E-state index contributed by atoms with van der Waals surface area (Å²) in [5.74, 6) is 1.33. The molecule has 8 heteroatoms. The van der Waals surface area contributed by atoms with Crippen LogP contribution in [0.2, 0.25) is 0 Å². The zero-order valence-corrected chi connectivity index (χ0v) is 15.4. The highest BCUT2D eigenvalue weighted by molar-refractivity contribution is 7.98. The Morgan fingerprint density at radius 3 is 2.54 bits per heavy atom. The van der Waals surface area contributed by atoms with Crippen molar-refractivity contribution in [1.29, 1.82) is 0 Å². The molecule has 0 N–H and O–H groups in total. The van der Waals surface area contributed by atoms with Gasteiger partial charge in [-0.3, -0.25) is 0 Å². The Kier molecular flexibility index (Phi) is 5.83. The van der Waals surface area contributed by atoms with E-state index in [1.54, 1.807) is 0 Å². The lowest BCUT2D eigenvalue weighted by molar-refractivity contribution is -0.137. The maximum absolute atomic E-state index is 12.5. The molecule has 0 aliphatic carbocycles. The van der Waals surface area contributed by atoms with Crippen molar-refractivity contribution in [2.45, 2.75) is 30.5 Å². The number of thioether (sulfide) groups is 1. The number of halogens is 3. The first-order chi connectivity index (χ1) is 12.4. The SMILES string of the molecule is Cc1ccc(OCc2nc(CSc3ccc(C(F)(F)F)cn3)cs2)cc1. The zero-order valence-electron chi connectivity index (χ0n) is 13.8. The number of benzene rings is 1. The van der Waals surface area contributed by atoms with Gasteiger partial charge in [0, 0.05) is 17.3 Å². The van der Waals surface area contributed by atoms with Crippen LogP contribution in [0.25, 0.3) is 0 Å². The molecule has 3 nitrogen and oxygen atoms in total. The Morgan fingerprint density at radius 1 is 1.12 bits per heavy atom. The summed E-state index contributed by atoms with van der Waals surface area (Å²) in [5.41, 5.74) is 1.28. The fourth-order valence-corrected chi connectivity index (χ4v) is 3.59. The first-order valence-electron chi connectivity index (χ1n) is 7.69. The molecule has 0 aliphatic heterocycles. The molecule has 1 aromatic carbocycles. The van der Waals surface area contributed by atoms with Gasteiger partial charge in [0.1, 0.15) is 17.4 Å². The first kappa shape index (κ1) is 18.7. The summed E-state index contributed by atoms with van der Waals surface area (Å²) in [6.45, 7) is 2.40. The normalized spacial score (nSPS) is 11.5. The second-order valence-electron chi connectivity index (χ2n) is 5.51. The van der Waals surface area contributed by atoms with Crippen molar-refractivity contribution in [2.24, 2.45) is 0 Å². The Hall–Kier alpha value is -2.06. The zero-order chi connectivity index (χ0) is 18.6. The summed E-state index contributed by atoms with van der Waals surface area (Å²) in [7, 11) is 0. The van der Waals surface area contributed by atoms with E-state index in [0.29, 0.717) is 17.4 Å². The number of pyridine rings is 1. The van der Waals surface area contributed by atoms with Crippen molar-refractivity contribution in [3.8, 4) is 5.75 Å². The van der Waals surface area contributed by atoms with Crippen LogP contribution in [0.15, 0.2) is 53.0 Å². The molecule has 0 aliphatic rings. The van der Waals surface area contributed by atoms with Crippen LogP contribution in [-0.2, 0) is 18.5 Å². The van der Waals surface area contributed by atoms with E-state index in [0.717, 1.165) is 28.7 Å². The fourth-order valence-electron chi connectivity index (χ4n) is 2.04. The molecule has 0 radical (unpaired) electrons. The molecule has 2 aromatic heterocycles. The predicted molar refractivity (Wildman–Crippen MR) is 96.4 cm³/mol. The Balaban J connectivity index is 1.51. The lowest BCUT2D eigenvalue weighted by Gasteiger charge is -2.06. The molecule has 26 heavy (non-hydrogen) atoms. The molecular weight excluding hydrogens is 381 g/mol. The number of nitrogens with zero attached hydrogens (tertiary/aromatic N) is 2. The van der Waals surface area contributed by atoms with E-state index in [2.05, 4.69) is 9.97 Å². The average Bonchev–Trinajstić information content (AvgIpc) is 3.07. The number of ether oxygens (including phenoxy) is 1.